The first-order chi connectivity index (χ1) is 21.8. The fourth-order valence-electron chi connectivity index (χ4n) is 8.75. The molecule has 3 aromatic rings. The molecule has 2 aromatic heterocycles. The van der Waals surface area contributed by atoms with Crippen LogP contribution in [0.5, 0.6) is 5.88 Å². The van der Waals surface area contributed by atoms with E-state index in [1.165, 1.54) is 18.4 Å². The van der Waals surface area contributed by atoms with Gasteiger partial charge in [-0.05, 0) is 82.5 Å². The molecular formula is C34H42N8O3. The second-order valence-electron chi connectivity index (χ2n) is 13.8. The highest BCUT2D eigenvalue weighted by Gasteiger charge is 2.50. The van der Waals surface area contributed by atoms with Crippen LogP contribution in [0.2, 0.25) is 0 Å². The number of nitrogens with two attached hydrogens (primary N) is 1. The molecule has 2 spiro atoms. The van der Waals surface area contributed by atoms with Crippen LogP contribution < -0.4 is 20.7 Å². The Morgan fingerprint density at radius 2 is 2.04 bits per heavy atom. The van der Waals surface area contributed by atoms with Crippen molar-refractivity contribution in [2.75, 3.05) is 51.0 Å². The summed E-state index contributed by atoms with van der Waals surface area (Å²) in [7, 11) is 3.90. The monoisotopic (exact) mass is 610 g/mol. The third-order valence-corrected chi connectivity index (χ3v) is 11.2. The molecular weight excluding hydrogens is 568 g/mol. The van der Waals surface area contributed by atoms with Gasteiger partial charge in [-0.3, -0.25) is 4.90 Å². The Kier molecular flexibility index (Phi) is 6.82. The van der Waals surface area contributed by atoms with E-state index in [-0.39, 0.29) is 23.8 Å². The lowest BCUT2D eigenvalue weighted by Gasteiger charge is -2.35. The van der Waals surface area contributed by atoms with E-state index in [2.05, 4.69) is 46.4 Å². The third-order valence-electron chi connectivity index (χ3n) is 11.2. The maximum atomic E-state index is 10.1. The Morgan fingerprint density at radius 1 is 1.18 bits per heavy atom. The molecule has 11 heteroatoms. The topological polar surface area (TPSA) is 139 Å². The number of rotatable bonds is 6. The fraction of sp³-hybridized carbons (Fsp3) is 0.588. The lowest BCUT2D eigenvalue weighted by Crippen LogP contribution is -2.52. The van der Waals surface area contributed by atoms with E-state index in [4.69, 9.17) is 29.7 Å². The molecule has 3 aliphatic carbocycles. The predicted octanol–water partition coefficient (Wildman–Crippen LogP) is 3.58. The average molecular weight is 611 g/mol. The normalized spacial score (nSPS) is 27.4. The minimum atomic E-state index is -0.417. The number of anilines is 2. The number of hydrogen-bond acceptors (Lipinski definition) is 11. The SMILES string of the molecule is CO[C@H]1CCN(C)[C@@H]1[C@H](C)Oc1cc(N2CCNC3(CC3)C2)nc(-c2noc3c2CCC[C@@]32CCc3ccc(N)c(C#N)c32)n1. The summed E-state index contributed by atoms with van der Waals surface area (Å²) in [6.07, 6.45) is 7.71. The van der Waals surface area contributed by atoms with Gasteiger partial charge in [-0.2, -0.15) is 10.2 Å². The van der Waals surface area contributed by atoms with Gasteiger partial charge in [0.15, 0.2) is 17.3 Å². The van der Waals surface area contributed by atoms with Crippen molar-refractivity contribution in [2.45, 2.75) is 87.5 Å². The Morgan fingerprint density at radius 3 is 2.84 bits per heavy atom. The molecule has 0 bridgehead atoms. The first-order valence-corrected chi connectivity index (χ1v) is 16.4. The Hall–Kier alpha value is -3.72. The number of nitrogens with one attached hydrogen (secondary N) is 1. The Labute approximate surface area is 264 Å². The van der Waals surface area contributed by atoms with Crippen LogP contribution in [0.4, 0.5) is 11.5 Å². The molecule has 2 aliphatic heterocycles. The van der Waals surface area contributed by atoms with E-state index in [1.54, 1.807) is 7.11 Å². The maximum absolute atomic E-state index is 10.1. The standard InChI is InChI=1S/C34H42N8O3/c1-20(30-25(43-3)9-15-41(30)2)44-27-17-26(42-16-14-37-33(19-42)12-13-33)38-32(39-27)29-22-5-4-10-34(31(22)45-40-29)11-8-21-6-7-24(36)23(18-35)28(21)34/h6-7,17,20,25,30,37H,4-5,8-16,19,36H2,1-3H3/t20-,25-,30+,34-/m0/s1. The molecule has 3 N–H and O–H groups in total. The van der Waals surface area contributed by atoms with Crippen molar-refractivity contribution in [3.8, 4) is 23.5 Å². The summed E-state index contributed by atoms with van der Waals surface area (Å²) in [5, 5.41) is 18.5. The number of likely N-dealkylation sites (tertiary alicyclic amines) is 1. The zero-order valence-corrected chi connectivity index (χ0v) is 26.4. The summed E-state index contributed by atoms with van der Waals surface area (Å²) in [4.78, 5) is 14.8. The predicted molar refractivity (Wildman–Crippen MR) is 169 cm³/mol. The number of nitrogens with zero attached hydrogens (tertiary/aromatic N) is 6. The summed E-state index contributed by atoms with van der Waals surface area (Å²) in [5.41, 5.74) is 11.1. The van der Waals surface area contributed by atoms with Crippen LogP contribution >= 0.6 is 0 Å². The summed E-state index contributed by atoms with van der Waals surface area (Å²) in [6.45, 7) is 5.75. The summed E-state index contributed by atoms with van der Waals surface area (Å²) in [5.74, 6) is 2.75. The summed E-state index contributed by atoms with van der Waals surface area (Å²) >= 11 is 0. The lowest BCUT2D eigenvalue weighted by atomic mass is 9.68. The maximum Gasteiger partial charge on any atom is 0.219 e. The number of aromatic nitrogens is 3. The van der Waals surface area contributed by atoms with Gasteiger partial charge in [0.2, 0.25) is 5.88 Å². The number of fused-ring (bicyclic) bond motifs is 4. The molecule has 45 heavy (non-hydrogen) atoms. The Balaban J connectivity index is 1.20. The van der Waals surface area contributed by atoms with Gasteiger partial charge in [-0.15, -0.1) is 0 Å². The highest BCUT2D eigenvalue weighted by atomic mass is 16.5. The molecule has 5 aliphatic rings. The number of ether oxygens (including phenoxy) is 2. The van der Waals surface area contributed by atoms with Gasteiger partial charge >= 0.3 is 0 Å². The van der Waals surface area contributed by atoms with E-state index in [1.807, 2.05) is 12.1 Å². The number of methoxy groups -OCH3 is 1. The minimum absolute atomic E-state index is 0.106. The smallest absolute Gasteiger partial charge is 0.219 e. The van der Waals surface area contributed by atoms with Crippen LogP contribution in [-0.2, 0) is 23.0 Å². The largest absolute Gasteiger partial charge is 0.473 e. The fourth-order valence-corrected chi connectivity index (χ4v) is 8.75. The van der Waals surface area contributed by atoms with E-state index >= 15 is 0 Å². The molecule has 0 radical (unpaired) electrons. The van der Waals surface area contributed by atoms with Gasteiger partial charge < -0.3 is 29.9 Å². The quantitative estimate of drug-likeness (QED) is 0.396. The van der Waals surface area contributed by atoms with Crippen LogP contribution in [-0.4, -0.2) is 84.1 Å². The van der Waals surface area contributed by atoms with Crippen molar-refractivity contribution in [1.82, 2.24) is 25.3 Å². The molecule has 8 rings (SSSR count). The van der Waals surface area contributed by atoms with Gasteiger partial charge in [0.25, 0.3) is 0 Å². The van der Waals surface area contributed by atoms with Crippen LogP contribution in [0.1, 0.15) is 73.5 Å². The van der Waals surface area contributed by atoms with Crippen LogP contribution in [0, 0.1) is 11.3 Å². The molecule has 1 aromatic carbocycles. The number of hydrogen-bond donors (Lipinski definition) is 2. The van der Waals surface area contributed by atoms with E-state index in [9.17, 15) is 5.26 Å². The zero-order valence-electron chi connectivity index (χ0n) is 26.4. The van der Waals surface area contributed by atoms with Crippen molar-refractivity contribution in [1.29, 1.82) is 5.26 Å². The zero-order chi connectivity index (χ0) is 30.9. The molecule has 0 unspecified atom stereocenters. The molecule has 236 valence electrons. The molecule has 4 heterocycles. The number of piperazine rings is 1. The first kappa shape index (κ1) is 28.7. The minimum Gasteiger partial charge on any atom is -0.473 e. The first-order valence-electron chi connectivity index (χ1n) is 16.4. The second-order valence-corrected chi connectivity index (χ2v) is 13.8. The van der Waals surface area contributed by atoms with Crippen molar-refractivity contribution in [3.05, 3.63) is 46.2 Å². The van der Waals surface area contributed by atoms with Crippen LogP contribution in [0.25, 0.3) is 11.5 Å². The number of aryl methyl sites for hydroxylation is 1. The highest BCUT2D eigenvalue weighted by molar-refractivity contribution is 5.68. The third kappa shape index (κ3) is 4.60. The van der Waals surface area contributed by atoms with Crippen molar-refractivity contribution < 1.29 is 14.0 Å². The van der Waals surface area contributed by atoms with Gasteiger partial charge in [-0.25, -0.2) is 4.98 Å². The number of benzene rings is 1. The second kappa shape index (κ2) is 10.7. The average Bonchev–Trinajstić information content (AvgIpc) is 3.34. The summed E-state index contributed by atoms with van der Waals surface area (Å²) < 4.78 is 18.7. The number of likely N-dealkylation sites (N-methyl/N-ethyl adjacent to an activating group) is 1. The number of nitriles is 1. The number of nitrogen functional groups attached to an aromatic ring is 1. The van der Waals surface area contributed by atoms with Gasteiger partial charge in [-0.1, -0.05) is 11.2 Å². The van der Waals surface area contributed by atoms with Crippen LogP contribution in [0.15, 0.2) is 22.7 Å². The summed E-state index contributed by atoms with van der Waals surface area (Å²) in [6, 6.07) is 8.43. The van der Waals surface area contributed by atoms with Crippen molar-refractivity contribution in [3.63, 3.8) is 0 Å². The van der Waals surface area contributed by atoms with Crippen molar-refractivity contribution >= 4 is 11.5 Å². The Bertz CT molecular complexity index is 1680. The molecule has 2 saturated heterocycles. The van der Waals surface area contributed by atoms with Crippen molar-refractivity contribution in [2.24, 2.45) is 0 Å². The molecule has 4 atom stereocenters. The molecule has 11 nitrogen and oxygen atoms in total. The molecule has 0 amide bonds. The van der Waals surface area contributed by atoms with E-state index in [0.29, 0.717) is 28.6 Å². The molecule has 1 saturated carbocycles. The highest BCUT2D eigenvalue weighted by Crippen LogP contribution is 2.54. The van der Waals surface area contributed by atoms with Gasteiger partial charge in [0.1, 0.15) is 18.0 Å². The van der Waals surface area contributed by atoms with E-state index in [0.717, 1.165) is 87.4 Å². The lowest BCUT2D eigenvalue weighted by molar-refractivity contribution is 0.0174. The van der Waals surface area contributed by atoms with Gasteiger partial charge in [0.05, 0.1) is 23.1 Å². The van der Waals surface area contributed by atoms with Crippen LogP contribution in [0.3, 0.4) is 0 Å². The van der Waals surface area contributed by atoms with Gasteiger partial charge in [0, 0.05) is 56.1 Å². The molecule has 3 fully saturated rings. The van der Waals surface area contributed by atoms with E-state index < -0.39 is 5.41 Å².